The second-order valence-electron chi connectivity index (χ2n) is 7.61. The highest BCUT2D eigenvalue weighted by molar-refractivity contribution is 7.14. The van der Waals surface area contributed by atoms with Crippen LogP contribution in [-0.2, 0) is 4.79 Å². The number of carbonyl (C=O) groups excluding carboxylic acids is 2. The number of hydrazone groups is 1. The number of halogens is 1. The van der Waals surface area contributed by atoms with Gasteiger partial charge >= 0.3 is 0 Å². The first-order chi connectivity index (χ1) is 17.9. The van der Waals surface area contributed by atoms with E-state index in [4.69, 9.17) is 26.8 Å². The fraction of sp³-hybridized carbons (Fsp3) is 0.0769. The van der Waals surface area contributed by atoms with E-state index in [1.807, 2.05) is 41.8 Å². The summed E-state index contributed by atoms with van der Waals surface area (Å²) in [5, 5.41) is 10.6. The number of aromatic nitrogens is 1. The van der Waals surface area contributed by atoms with Gasteiger partial charge in [0.2, 0.25) is 0 Å². The molecule has 0 radical (unpaired) electrons. The van der Waals surface area contributed by atoms with Crippen LogP contribution in [0.2, 0.25) is 5.02 Å². The zero-order valence-electron chi connectivity index (χ0n) is 19.6. The number of methoxy groups -OCH3 is 1. The second-order valence-corrected chi connectivity index (χ2v) is 8.91. The third-order valence-corrected chi connectivity index (χ3v) is 5.99. The van der Waals surface area contributed by atoms with Crippen molar-refractivity contribution in [3.8, 4) is 22.8 Å². The number of thiazole rings is 1. The van der Waals surface area contributed by atoms with E-state index in [9.17, 15) is 9.59 Å². The lowest BCUT2D eigenvalue weighted by Crippen LogP contribution is -2.20. The summed E-state index contributed by atoms with van der Waals surface area (Å²) in [7, 11) is 1.47. The number of nitrogens with one attached hydrogen (secondary N) is 2. The zero-order chi connectivity index (χ0) is 26.2. The predicted octanol–water partition coefficient (Wildman–Crippen LogP) is 4.84. The summed E-state index contributed by atoms with van der Waals surface area (Å²) in [6, 6.07) is 19.4. The van der Waals surface area contributed by atoms with Gasteiger partial charge in [0, 0.05) is 27.2 Å². The lowest BCUT2D eigenvalue weighted by molar-refractivity contribution is -0.119. The van der Waals surface area contributed by atoms with Crippen molar-refractivity contribution in [2.75, 3.05) is 19.0 Å². The number of hydrogen-bond donors (Lipinski definition) is 3. The zero-order valence-corrected chi connectivity index (χ0v) is 21.2. The Kier molecular flexibility index (Phi) is 8.34. The molecule has 0 aliphatic rings. The average Bonchev–Trinajstić information content (AvgIpc) is 3.37. The molecule has 11 heteroatoms. The molecular weight excluding hydrogens is 514 g/mol. The number of benzene rings is 3. The van der Waals surface area contributed by atoms with Crippen molar-refractivity contribution in [3.05, 3.63) is 88.3 Å². The number of ether oxygens (including phenoxy) is 2. The van der Waals surface area contributed by atoms with Crippen LogP contribution in [0, 0.1) is 0 Å². The third kappa shape index (κ3) is 7.06. The summed E-state index contributed by atoms with van der Waals surface area (Å²) in [6.07, 6.45) is 1.47. The predicted molar refractivity (Wildman–Crippen MR) is 145 cm³/mol. The first-order valence-electron chi connectivity index (χ1n) is 10.9. The van der Waals surface area contributed by atoms with E-state index in [-0.39, 0.29) is 12.5 Å². The van der Waals surface area contributed by atoms with Crippen LogP contribution < -0.4 is 25.9 Å². The molecule has 0 saturated carbocycles. The Bertz CT molecular complexity index is 1420. The van der Waals surface area contributed by atoms with Gasteiger partial charge in [-0.1, -0.05) is 23.7 Å². The number of nitrogens with zero attached hydrogens (tertiary/aromatic N) is 2. The number of hydrogen-bond acceptors (Lipinski definition) is 8. The van der Waals surface area contributed by atoms with Crippen LogP contribution in [0.25, 0.3) is 11.3 Å². The van der Waals surface area contributed by atoms with Crippen molar-refractivity contribution in [1.82, 2.24) is 10.4 Å². The fourth-order valence-corrected chi connectivity index (χ4v) is 4.04. The van der Waals surface area contributed by atoms with Gasteiger partial charge in [-0.25, -0.2) is 10.4 Å². The molecule has 1 aromatic heterocycles. The number of anilines is 2. The van der Waals surface area contributed by atoms with Crippen LogP contribution in [0.4, 0.5) is 10.8 Å². The molecule has 9 nitrogen and oxygen atoms in total. The summed E-state index contributed by atoms with van der Waals surface area (Å²) in [5.41, 5.74) is 11.3. The molecule has 0 aliphatic carbocycles. The molecule has 0 unspecified atom stereocenters. The normalized spacial score (nSPS) is 10.8. The number of rotatable bonds is 10. The minimum Gasteiger partial charge on any atom is -0.493 e. The van der Waals surface area contributed by atoms with Gasteiger partial charge in [0.15, 0.2) is 23.2 Å². The van der Waals surface area contributed by atoms with Crippen LogP contribution in [0.1, 0.15) is 15.9 Å². The maximum atomic E-state index is 12.5. The summed E-state index contributed by atoms with van der Waals surface area (Å²) in [5.74, 6) is -0.179. The smallest absolute Gasteiger partial charge is 0.271 e. The second kappa shape index (κ2) is 12.0. The largest absolute Gasteiger partial charge is 0.493 e. The molecule has 4 N–H and O–H groups in total. The highest BCUT2D eigenvalue weighted by Crippen LogP contribution is 2.29. The number of amides is 2. The van der Waals surface area contributed by atoms with Gasteiger partial charge in [-0.2, -0.15) is 5.10 Å². The van der Waals surface area contributed by atoms with Gasteiger partial charge in [0.1, 0.15) is 0 Å². The van der Waals surface area contributed by atoms with Gasteiger partial charge in [-0.05, 0) is 60.2 Å². The van der Waals surface area contributed by atoms with E-state index in [1.165, 1.54) is 24.7 Å². The van der Waals surface area contributed by atoms with Gasteiger partial charge in [-0.15, -0.1) is 11.3 Å². The van der Waals surface area contributed by atoms with E-state index in [1.54, 1.807) is 30.3 Å². The van der Waals surface area contributed by atoms with Gasteiger partial charge in [0.25, 0.3) is 11.8 Å². The minimum absolute atomic E-state index is 0.261. The maximum Gasteiger partial charge on any atom is 0.271 e. The van der Waals surface area contributed by atoms with Gasteiger partial charge in [0.05, 0.1) is 19.0 Å². The number of carbonyl (C=O) groups is 2. The molecule has 0 bridgehead atoms. The Morgan fingerprint density at radius 1 is 1.08 bits per heavy atom. The minimum atomic E-state index is -0.592. The molecule has 0 spiro atoms. The van der Waals surface area contributed by atoms with E-state index >= 15 is 0 Å². The maximum absolute atomic E-state index is 12.5. The molecular formula is C26H22ClN5O4S. The fourth-order valence-electron chi connectivity index (χ4n) is 3.18. The first kappa shape index (κ1) is 25.7. The van der Waals surface area contributed by atoms with Crippen molar-refractivity contribution in [1.29, 1.82) is 0 Å². The van der Waals surface area contributed by atoms with E-state index in [0.717, 1.165) is 22.1 Å². The Labute approximate surface area is 221 Å². The standard InChI is InChI=1S/C26H22ClN5O4S/c1-35-23-12-16(2-11-22(23)36-14-24(28)33)13-29-32-25(34)18-5-3-17(4-6-18)21-15-37-26(31-21)30-20-9-7-19(27)8-10-20/h2-13,15H,14H2,1H3,(H2,28,33)(H,30,31)(H,32,34)/b29-13-. The molecule has 2 amide bonds. The van der Waals surface area contributed by atoms with E-state index in [2.05, 4.69) is 20.8 Å². The number of primary amides is 1. The van der Waals surface area contributed by atoms with Crippen molar-refractivity contribution in [2.24, 2.45) is 10.8 Å². The molecule has 0 fully saturated rings. The summed E-state index contributed by atoms with van der Waals surface area (Å²) >= 11 is 7.41. The van der Waals surface area contributed by atoms with Crippen LogP contribution in [0.5, 0.6) is 11.5 Å². The van der Waals surface area contributed by atoms with Gasteiger partial charge in [-0.3, -0.25) is 9.59 Å². The quantitative estimate of drug-likeness (QED) is 0.197. The molecule has 3 aromatic carbocycles. The van der Waals surface area contributed by atoms with Crippen molar-refractivity contribution in [2.45, 2.75) is 0 Å². The SMILES string of the molecule is COc1cc(/C=N\NC(=O)c2ccc(-c3csc(Nc4ccc(Cl)cc4)n3)cc2)ccc1OCC(N)=O. The Morgan fingerprint density at radius 3 is 2.54 bits per heavy atom. The molecule has 37 heavy (non-hydrogen) atoms. The molecule has 4 aromatic rings. The van der Waals surface area contributed by atoms with Crippen LogP contribution >= 0.6 is 22.9 Å². The van der Waals surface area contributed by atoms with Crippen molar-refractivity contribution in [3.63, 3.8) is 0 Å². The Morgan fingerprint density at radius 2 is 1.84 bits per heavy atom. The monoisotopic (exact) mass is 535 g/mol. The summed E-state index contributed by atoms with van der Waals surface area (Å²) in [4.78, 5) is 28.0. The first-order valence-corrected chi connectivity index (χ1v) is 12.2. The van der Waals surface area contributed by atoms with Crippen molar-refractivity contribution >= 4 is 51.8 Å². The third-order valence-electron chi connectivity index (χ3n) is 4.98. The van der Waals surface area contributed by atoms with E-state index < -0.39 is 5.91 Å². The lowest BCUT2D eigenvalue weighted by Gasteiger charge is -2.09. The summed E-state index contributed by atoms with van der Waals surface area (Å²) in [6.45, 7) is -0.261. The molecule has 0 aliphatic heterocycles. The van der Waals surface area contributed by atoms with Gasteiger partial charge < -0.3 is 20.5 Å². The highest BCUT2D eigenvalue weighted by Gasteiger charge is 2.09. The topological polar surface area (TPSA) is 128 Å². The molecule has 0 saturated heterocycles. The number of nitrogens with two attached hydrogens (primary N) is 1. The Balaban J connectivity index is 1.34. The molecule has 0 atom stereocenters. The van der Waals surface area contributed by atoms with Crippen molar-refractivity contribution < 1.29 is 19.1 Å². The molecule has 188 valence electrons. The van der Waals surface area contributed by atoms with Crippen LogP contribution in [0.15, 0.2) is 77.2 Å². The Hall–Kier alpha value is -4.41. The molecule has 4 rings (SSSR count). The molecule has 1 heterocycles. The average molecular weight is 536 g/mol. The highest BCUT2D eigenvalue weighted by atomic mass is 35.5. The summed E-state index contributed by atoms with van der Waals surface area (Å²) < 4.78 is 10.6. The lowest BCUT2D eigenvalue weighted by atomic mass is 10.1. The van der Waals surface area contributed by atoms with Crippen LogP contribution in [-0.4, -0.2) is 36.7 Å². The van der Waals surface area contributed by atoms with E-state index in [0.29, 0.717) is 27.6 Å². The van der Waals surface area contributed by atoms with Crippen LogP contribution in [0.3, 0.4) is 0 Å².